The van der Waals surface area contributed by atoms with Gasteiger partial charge >= 0.3 is 0 Å². The summed E-state index contributed by atoms with van der Waals surface area (Å²) in [6, 6.07) is 0. The molecule has 4 heteroatoms. The Morgan fingerprint density at radius 3 is 2.76 bits per heavy atom. The Hall–Kier alpha value is -1.32. The lowest BCUT2D eigenvalue weighted by Crippen LogP contribution is -2.38. The molecule has 1 fully saturated rings. The predicted molar refractivity (Wildman–Crippen MR) is 66.6 cm³/mol. The van der Waals surface area contributed by atoms with E-state index >= 15 is 0 Å². The molecule has 2 rings (SSSR count). The highest BCUT2D eigenvalue weighted by molar-refractivity contribution is 5.76. The van der Waals surface area contributed by atoms with E-state index in [4.69, 9.17) is 0 Å². The van der Waals surface area contributed by atoms with Crippen LogP contribution in [0.15, 0.2) is 12.4 Å². The molecule has 4 nitrogen and oxygen atoms in total. The van der Waals surface area contributed by atoms with Crippen molar-refractivity contribution in [1.29, 1.82) is 0 Å². The number of rotatable bonds is 3. The van der Waals surface area contributed by atoms with Gasteiger partial charge in [0.1, 0.15) is 5.82 Å². The molecule has 0 saturated carbocycles. The highest BCUT2D eigenvalue weighted by Gasteiger charge is 2.25. The first-order valence-electron chi connectivity index (χ1n) is 6.44. The first-order chi connectivity index (χ1) is 8.16. The number of nitrogens with one attached hydrogen (secondary N) is 1. The van der Waals surface area contributed by atoms with Crippen molar-refractivity contribution in [3.8, 4) is 0 Å². The van der Waals surface area contributed by atoms with Crippen LogP contribution in [0.25, 0.3) is 0 Å². The summed E-state index contributed by atoms with van der Waals surface area (Å²) in [4.78, 5) is 21.4. The van der Waals surface area contributed by atoms with Crippen LogP contribution in [0.3, 0.4) is 0 Å². The van der Waals surface area contributed by atoms with Gasteiger partial charge in [-0.3, -0.25) is 4.79 Å². The van der Waals surface area contributed by atoms with Crippen molar-refractivity contribution in [2.24, 2.45) is 5.92 Å². The number of imidazole rings is 1. The van der Waals surface area contributed by atoms with Gasteiger partial charge in [-0.15, -0.1) is 0 Å². The first kappa shape index (κ1) is 12.1. The molecule has 0 aromatic carbocycles. The third kappa shape index (κ3) is 3.08. The minimum atomic E-state index is 0.304. The summed E-state index contributed by atoms with van der Waals surface area (Å²) in [5.41, 5.74) is 0. The average Bonchev–Trinajstić information content (AvgIpc) is 2.82. The van der Waals surface area contributed by atoms with Gasteiger partial charge in [0, 0.05) is 37.8 Å². The SMILES string of the molecule is CC(C)CC(=O)N1CCC(c2ncc[nH]2)CC1. The number of aromatic nitrogens is 2. The van der Waals surface area contributed by atoms with Crippen LogP contribution in [-0.4, -0.2) is 33.9 Å². The Labute approximate surface area is 102 Å². The van der Waals surface area contributed by atoms with Gasteiger partial charge in [-0.25, -0.2) is 4.98 Å². The van der Waals surface area contributed by atoms with Crippen LogP contribution >= 0.6 is 0 Å². The van der Waals surface area contributed by atoms with Crippen LogP contribution in [-0.2, 0) is 4.79 Å². The maximum Gasteiger partial charge on any atom is 0.222 e. The molecule has 1 N–H and O–H groups in total. The van der Waals surface area contributed by atoms with E-state index in [1.165, 1.54) is 0 Å². The summed E-state index contributed by atoms with van der Waals surface area (Å²) in [7, 11) is 0. The zero-order chi connectivity index (χ0) is 12.3. The molecular weight excluding hydrogens is 214 g/mol. The zero-order valence-electron chi connectivity index (χ0n) is 10.6. The van der Waals surface area contributed by atoms with Crippen LogP contribution in [0, 0.1) is 5.92 Å². The van der Waals surface area contributed by atoms with Crippen molar-refractivity contribution < 1.29 is 4.79 Å². The molecule has 1 aromatic rings. The van der Waals surface area contributed by atoms with Gasteiger partial charge in [0.05, 0.1) is 0 Å². The molecular formula is C13H21N3O. The Morgan fingerprint density at radius 1 is 1.53 bits per heavy atom. The summed E-state index contributed by atoms with van der Waals surface area (Å²) in [6.07, 6.45) is 6.39. The summed E-state index contributed by atoms with van der Waals surface area (Å²) in [5, 5.41) is 0. The van der Waals surface area contributed by atoms with E-state index in [1.807, 2.05) is 11.1 Å². The highest BCUT2D eigenvalue weighted by Crippen LogP contribution is 2.25. The highest BCUT2D eigenvalue weighted by atomic mass is 16.2. The number of hydrogen-bond donors (Lipinski definition) is 1. The van der Waals surface area contributed by atoms with Crippen LogP contribution in [0.1, 0.15) is 44.9 Å². The molecule has 94 valence electrons. The maximum absolute atomic E-state index is 11.9. The molecule has 0 atom stereocenters. The standard InChI is InChI=1S/C13H21N3O/c1-10(2)9-12(17)16-7-3-11(4-8-16)13-14-5-6-15-13/h5-6,10-11H,3-4,7-9H2,1-2H3,(H,14,15). The minimum absolute atomic E-state index is 0.304. The van der Waals surface area contributed by atoms with Gasteiger partial charge in [-0.1, -0.05) is 13.8 Å². The monoisotopic (exact) mass is 235 g/mol. The van der Waals surface area contributed by atoms with Crippen molar-refractivity contribution in [2.45, 2.75) is 39.0 Å². The lowest BCUT2D eigenvalue weighted by molar-refractivity contribution is -0.133. The molecule has 1 saturated heterocycles. The van der Waals surface area contributed by atoms with E-state index in [9.17, 15) is 4.79 Å². The fraction of sp³-hybridized carbons (Fsp3) is 0.692. The van der Waals surface area contributed by atoms with E-state index in [2.05, 4.69) is 23.8 Å². The number of carbonyl (C=O) groups is 1. The Morgan fingerprint density at radius 2 is 2.24 bits per heavy atom. The Bertz CT molecular complexity index is 351. The quantitative estimate of drug-likeness (QED) is 0.872. The van der Waals surface area contributed by atoms with Crippen LogP contribution in [0.4, 0.5) is 0 Å². The van der Waals surface area contributed by atoms with Crippen LogP contribution in [0.5, 0.6) is 0 Å². The summed E-state index contributed by atoms with van der Waals surface area (Å²) in [5.74, 6) is 2.32. The molecule has 2 heterocycles. The lowest BCUT2D eigenvalue weighted by Gasteiger charge is -2.31. The number of likely N-dealkylation sites (tertiary alicyclic amines) is 1. The minimum Gasteiger partial charge on any atom is -0.348 e. The van der Waals surface area contributed by atoms with Crippen molar-refractivity contribution in [1.82, 2.24) is 14.9 Å². The third-order valence-corrected chi connectivity index (χ3v) is 3.34. The van der Waals surface area contributed by atoms with Gasteiger partial charge in [0.15, 0.2) is 0 Å². The maximum atomic E-state index is 11.9. The summed E-state index contributed by atoms with van der Waals surface area (Å²) >= 11 is 0. The van der Waals surface area contributed by atoms with E-state index in [0.29, 0.717) is 24.2 Å². The van der Waals surface area contributed by atoms with Gasteiger partial charge in [0.25, 0.3) is 0 Å². The van der Waals surface area contributed by atoms with E-state index in [1.54, 1.807) is 6.20 Å². The fourth-order valence-electron chi connectivity index (χ4n) is 2.38. The van der Waals surface area contributed by atoms with Crippen molar-refractivity contribution in [3.63, 3.8) is 0 Å². The largest absolute Gasteiger partial charge is 0.348 e. The molecule has 0 unspecified atom stereocenters. The summed E-state index contributed by atoms with van der Waals surface area (Å²) in [6.45, 7) is 5.93. The smallest absolute Gasteiger partial charge is 0.222 e. The molecule has 0 aliphatic carbocycles. The first-order valence-corrected chi connectivity index (χ1v) is 6.44. The number of nitrogens with zero attached hydrogens (tertiary/aromatic N) is 2. The molecule has 0 spiro atoms. The molecule has 1 aliphatic rings. The van der Waals surface area contributed by atoms with Crippen LogP contribution in [0.2, 0.25) is 0 Å². The predicted octanol–water partition coefficient (Wildman–Crippen LogP) is 2.16. The number of aromatic amines is 1. The van der Waals surface area contributed by atoms with Crippen molar-refractivity contribution >= 4 is 5.91 Å². The molecule has 0 bridgehead atoms. The Kier molecular flexibility index (Phi) is 3.82. The second kappa shape index (κ2) is 5.34. The van der Waals surface area contributed by atoms with Gasteiger partial charge < -0.3 is 9.88 Å². The molecule has 17 heavy (non-hydrogen) atoms. The van der Waals surface area contributed by atoms with E-state index in [-0.39, 0.29) is 0 Å². The van der Waals surface area contributed by atoms with E-state index in [0.717, 1.165) is 31.8 Å². The van der Waals surface area contributed by atoms with E-state index < -0.39 is 0 Å². The molecule has 1 amide bonds. The lowest BCUT2D eigenvalue weighted by atomic mass is 9.95. The van der Waals surface area contributed by atoms with Gasteiger partial charge in [0.2, 0.25) is 5.91 Å². The molecule has 1 aromatic heterocycles. The van der Waals surface area contributed by atoms with Gasteiger partial charge in [-0.2, -0.15) is 0 Å². The molecule has 1 aliphatic heterocycles. The summed E-state index contributed by atoms with van der Waals surface area (Å²) < 4.78 is 0. The number of piperidine rings is 1. The topological polar surface area (TPSA) is 49.0 Å². The Balaban J connectivity index is 1.84. The number of H-pyrrole nitrogens is 1. The van der Waals surface area contributed by atoms with Gasteiger partial charge in [-0.05, 0) is 18.8 Å². The second-order valence-electron chi connectivity index (χ2n) is 5.23. The normalized spacial score (nSPS) is 17.7. The average molecular weight is 235 g/mol. The third-order valence-electron chi connectivity index (χ3n) is 3.34. The number of hydrogen-bond acceptors (Lipinski definition) is 2. The fourth-order valence-corrected chi connectivity index (χ4v) is 2.38. The number of amides is 1. The second-order valence-corrected chi connectivity index (χ2v) is 5.23. The molecule has 0 radical (unpaired) electrons. The zero-order valence-corrected chi connectivity index (χ0v) is 10.6. The van der Waals surface area contributed by atoms with Crippen molar-refractivity contribution in [3.05, 3.63) is 18.2 Å². The van der Waals surface area contributed by atoms with Crippen LogP contribution < -0.4 is 0 Å². The number of carbonyl (C=O) groups excluding carboxylic acids is 1. The van der Waals surface area contributed by atoms with Crippen molar-refractivity contribution in [2.75, 3.05) is 13.1 Å².